The lowest BCUT2D eigenvalue weighted by Crippen LogP contribution is -2.20. The average Bonchev–Trinajstić information content (AvgIpc) is 2.41. The molecule has 2 aromatic rings. The van der Waals surface area contributed by atoms with Gasteiger partial charge in [0.15, 0.2) is 6.61 Å². The van der Waals surface area contributed by atoms with Crippen LogP contribution in [0.3, 0.4) is 0 Å². The second-order valence-electron chi connectivity index (χ2n) is 4.26. The van der Waals surface area contributed by atoms with Crippen LogP contribution in [0.4, 0.5) is 10.1 Å². The smallest absolute Gasteiger partial charge is 0.262 e. The molecule has 0 saturated heterocycles. The fraction of sp³-hybridized carbons (Fsp3) is 0.133. The first-order chi connectivity index (χ1) is 9.54. The van der Waals surface area contributed by atoms with Crippen LogP contribution in [-0.4, -0.2) is 12.5 Å². The summed E-state index contributed by atoms with van der Waals surface area (Å²) in [4.78, 5) is 11.7. The van der Waals surface area contributed by atoms with Crippen molar-refractivity contribution >= 4 is 27.5 Å². The van der Waals surface area contributed by atoms with E-state index < -0.39 is 0 Å². The molecule has 0 radical (unpaired) electrons. The molecular weight excluding hydrogens is 325 g/mol. The Morgan fingerprint density at radius 3 is 2.80 bits per heavy atom. The Hall–Kier alpha value is -1.88. The minimum atomic E-state index is -0.351. The van der Waals surface area contributed by atoms with E-state index in [0.29, 0.717) is 17.0 Å². The topological polar surface area (TPSA) is 38.3 Å². The standard InChI is InChI=1S/C15H13BrFNO2/c1-10-5-6-12(8-14(10)17)18-15(19)9-20-13-4-2-3-11(16)7-13/h2-8H,9H2,1H3,(H,18,19). The molecule has 3 nitrogen and oxygen atoms in total. The summed E-state index contributed by atoms with van der Waals surface area (Å²) in [5.74, 6) is -0.103. The van der Waals surface area contributed by atoms with Crippen molar-refractivity contribution in [1.29, 1.82) is 0 Å². The molecular formula is C15H13BrFNO2. The molecule has 104 valence electrons. The van der Waals surface area contributed by atoms with Crippen molar-refractivity contribution in [3.63, 3.8) is 0 Å². The third-order valence-corrected chi connectivity index (χ3v) is 3.11. The van der Waals surface area contributed by atoms with Crippen LogP contribution in [0.5, 0.6) is 5.75 Å². The van der Waals surface area contributed by atoms with E-state index in [1.807, 2.05) is 12.1 Å². The zero-order valence-electron chi connectivity index (χ0n) is 10.8. The number of hydrogen-bond donors (Lipinski definition) is 1. The summed E-state index contributed by atoms with van der Waals surface area (Å²) in [5.41, 5.74) is 0.948. The van der Waals surface area contributed by atoms with Crippen molar-refractivity contribution in [2.24, 2.45) is 0 Å². The van der Waals surface area contributed by atoms with E-state index in [4.69, 9.17) is 4.74 Å². The van der Waals surface area contributed by atoms with Gasteiger partial charge in [-0.25, -0.2) is 4.39 Å². The number of rotatable bonds is 4. The van der Waals surface area contributed by atoms with Crippen LogP contribution in [0.1, 0.15) is 5.56 Å². The summed E-state index contributed by atoms with van der Waals surface area (Å²) in [6, 6.07) is 11.7. The van der Waals surface area contributed by atoms with Gasteiger partial charge in [0.2, 0.25) is 0 Å². The summed E-state index contributed by atoms with van der Waals surface area (Å²) in [7, 11) is 0. The molecule has 0 aliphatic rings. The highest BCUT2D eigenvalue weighted by molar-refractivity contribution is 9.10. The number of benzene rings is 2. The lowest BCUT2D eigenvalue weighted by atomic mass is 10.2. The fourth-order valence-electron chi connectivity index (χ4n) is 1.57. The van der Waals surface area contributed by atoms with Gasteiger partial charge in [0.05, 0.1) is 0 Å². The van der Waals surface area contributed by atoms with Crippen molar-refractivity contribution in [3.05, 3.63) is 58.3 Å². The van der Waals surface area contributed by atoms with Gasteiger partial charge in [-0.3, -0.25) is 4.79 Å². The molecule has 0 aliphatic carbocycles. The molecule has 0 spiro atoms. The molecule has 0 aromatic heterocycles. The Labute approximate surface area is 124 Å². The lowest BCUT2D eigenvalue weighted by molar-refractivity contribution is -0.118. The first-order valence-electron chi connectivity index (χ1n) is 5.99. The van der Waals surface area contributed by atoms with Gasteiger partial charge in [0, 0.05) is 10.2 Å². The van der Waals surface area contributed by atoms with E-state index >= 15 is 0 Å². The molecule has 2 rings (SSSR count). The highest BCUT2D eigenvalue weighted by atomic mass is 79.9. The third-order valence-electron chi connectivity index (χ3n) is 2.62. The molecule has 0 heterocycles. The SMILES string of the molecule is Cc1ccc(NC(=O)COc2cccc(Br)c2)cc1F. The van der Waals surface area contributed by atoms with E-state index in [2.05, 4.69) is 21.2 Å². The Balaban J connectivity index is 1.91. The van der Waals surface area contributed by atoms with E-state index in [9.17, 15) is 9.18 Å². The molecule has 0 fully saturated rings. The Kier molecular flexibility index (Phi) is 4.74. The Morgan fingerprint density at radius 1 is 1.30 bits per heavy atom. The first kappa shape index (κ1) is 14.5. The van der Waals surface area contributed by atoms with Gasteiger partial charge in [-0.05, 0) is 42.8 Å². The van der Waals surface area contributed by atoms with Crippen molar-refractivity contribution in [2.45, 2.75) is 6.92 Å². The number of amides is 1. The largest absolute Gasteiger partial charge is 0.484 e. The maximum atomic E-state index is 13.3. The van der Waals surface area contributed by atoms with E-state index in [1.54, 1.807) is 31.2 Å². The van der Waals surface area contributed by atoms with Crippen LogP contribution in [0.25, 0.3) is 0 Å². The second kappa shape index (κ2) is 6.52. The van der Waals surface area contributed by atoms with Gasteiger partial charge in [-0.15, -0.1) is 0 Å². The molecule has 0 unspecified atom stereocenters. The number of nitrogens with one attached hydrogen (secondary N) is 1. The molecule has 20 heavy (non-hydrogen) atoms. The van der Waals surface area contributed by atoms with Crippen LogP contribution in [-0.2, 0) is 4.79 Å². The highest BCUT2D eigenvalue weighted by Crippen LogP contribution is 2.18. The first-order valence-corrected chi connectivity index (χ1v) is 6.78. The van der Waals surface area contributed by atoms with Gasteiger partial charge in [-0.1, -0.05) is 28.1 Å². The van der Waals surface area contributed by atoms with E-state index in [0.717, 1.165) is 4.47 Å². The van der Waals surface area contributed by atoms with Crippen molar-refractivity contribution in [3.8, 4) is 5.75 Å². The number of hydrogen-bond acceptors (Lipinski definition) is 2. The van der Waals surface area contributed by atoms with Crippen LogP contribution in [0, 0.1) is 12.7 Å². The minimum Gasteiger partial charge on any atom is -0.484 e. The maximum absolute atomic E-state index is 13.3. The predicted octanol–water partition coefficient (Wildman–Crippen LogP) is 3.91. The van der Waals surface area contributed by atoms with Gasteiger partial charge < -0.3 is 10.1 Å². The maximum Gasteiger partial charge on any atom is 0.262 e. The Bertz CT molecular complexity index is 631. The van der Waals surface area contributed by atoms with Crippen molar-refractivity contribution in [1.82, 2.24) is 0 Å². The normalized spacial score (nSPS) is 10.2. The minimum absolute atomic E-state index is 0.133. The summed E-state index contributed by atoms with van der Waals surface area (Å²) >= 11 is 3.32. The molecule has 5 heteroatoms. The van der Waals surface area contributed by atoms with Crippen molar-refractivity contribution in [2.75, 3.05) is 11.9 Å². The van der Waals surface area contributed by atoms with Crippen LogP contribution < -0.4 is 10.1 Å². The summed E-state index contributed by atoms with van der Waals surface area (Å²) in [6.07, 6.45) is 0. The molecule has 0 saturated carbocycles. The summed E-state index contributed by atoms with van der Waals surface area (Å²) in [5, 5.41) is 2.58. The number of anilines is 1. The molecule has 1 N–H and O–H groups in total. The van der Waals surface area contributed by atoms with E-state index in [1.165, 1.54) is 6.07 Å². The summed E-state index contributed by atoms with van der Waals surface area (Å²) in [6.45, 7) is 1.53. The van der Waals surface area contributed by atoms with Gasteiger partial charge in [0.1, 0.15) is 11.6 Å². The quantitative estimate of drug-likeness (QED) is 0.918. The number of ether oxygens (including phenoxy) is 1. The molecule has 1 amide bonds. The second-order valence-corrected chi connectivity index (χ2v) is 5.17. The molecule has 0 aliphatic heterocycles. The van der Waals surface area contributed by atoms with E-state index in [-0.39, 0.29) is 18.3 Å². The van der Waals surface area contributed by atoms with Crippen LogP contribution in [0.15, 0.2) is 46.9 Å². The number of halogens is 2. The zero-order valence-corrected chi connectivity index (χ0v) is 12.4. The highest BCUT2D eigenvalue weighted by Gasteiger charge is 2.06. The van der Waals surface area contributed by atoms with Crippen LogP contribution in [0.2, 0.25) is 0 Å². The third kappa shape index (κ3) is 4.06. The monoisotopic (exact) mass is 337 g/mol. The molecule has 0 atom stereocenters. The lowest BCUT2D eigenvalue weighted by Gasteiger charge is -2.08. The number of aryl methyl sites for hydroxylation is 1. The number of carbonyl (C=O) groups excluding carboxylic acids is 1. The van der Waals surface area contributed by atoms with Crippen molar-refractivity contribution < 1.29 is 13.9 Å². The Morgan fingerprint density at radius 2 is 2.10 bits per heavy atom. The van der Waals surface area contributed by atoms with Gasteiger partial charge in [0.25, 0.3) is 5.91 Å². The fourth-order valence-corrected chi connectivity index (χ4v) is 1.95. The van der Waals surface area contributed by atoms with Gasteiger partial charge >= 0.3 is 0 Å². The predicted molar refractivity (Wildman–Crippen MR) is 79.4 cm³/mol. The molecule has 2 aromatic carbocycles. The average molecular weight is 338 g/mol. The van der Waals surface area contributed by atoms with Gasteiger partial charge in [-0.2, -0.15) is 0 Å². The zero-order chi connectivity index (χ0) is 14.5. The van der Waals surface area contributed by atoms with Crippen LogP contribution >= 0.6 is 15.9 Å². The number of carbonyl (C=O) groups is 1. The summed E-state index contributed by atoms with van der Waals surface area (Å²) < 4.78 is 19.5. The molecule has 0 bridgehead atoms.